The highest BCUT2D eigenvalue weighted by Crippen LogP contribution is 2.26. The summed E-state index contributed by atoms with van der Waals surface area (Å²) >= 11 is 1.41. The maximum atomic E-state index is 12.8. The summed E-state index contributed by atoms with van der Waals surface area (Å²) < 4.78 is 1.70. The summed E-state index contributed by atoms with van der Waals surface area (Å²) in [4.78, 5) is 19.6. The van der Waals surface area contributed by atoms with Crippen LogP contribution in [0.15, 0.2) is 60.2 Å². The van der Waals surface area contributed by atoms with Crippen LogP contribution in [-0.4, -0.2) is 40.6 Å². The van der Waals surface area contributed by atoms with Gasteiger partial charge in [0.25, 0.3) is 0 Å². The molecule has 0 bridgehead atoms. The van der Waals surface area contributed by atoms with Gasteiger partial charge in [0, 0.05) is 17.3 Å². The number of thiophene rings is 1. The summed E-state index contributed by atoms with van der Waals surface area (Å²) in [5.41, 5.74) is 3.62. The van der Waals surface area contributed by atoms with Crippen molar-refractivity contribution in [3.8, 4) is 22.6 Å². The molecule has 0 fully saturated rings. The molecule has 154 valence electrons. The molecule has 0 aliphatic heterocycles. The number of hydrogen-bond donors (Lipinski definition) is 0. The number of nitrogens with zero attached hydrogens (tertiary/aromatic N) is 7. The Labute approximate surface area is 182 Å². The van der Waals surface area contributed by atoms with Gasteiger partial charge in [-0.25, -0.2) is 9.50 Å². The third-order valence-electron chi connectivity index (χ3n) is 5.22. The first-order chi connectivity index (χ1) is 15.2. The van der Waals surface area contributed by atoms with Crippen molar-refractivity contribution in [3.05, 3.63) is 70.7 Å². The van der Waals surface area contributed by atoms with Crippen LogP contribution in [0.1, 0.15) is 41.5 Å². The van der Waals surface area contributed by atoms with Crippen molar-refractivity contribution in [1.82, 2.24) is 34.8 Å². The lowest BCUT2D eigenvalue weighted by Crippen LogP contribution is -2.07. The van der Waals surface area contributed by atoms with Gasteiger partial charge in [0.2, 0.25) is 11.6 Å². The van der Waals surface area contributed by atoms with Crippen LogP contribution >= 0.6 is 11.3 Å². The van der Waals surface area contributed by atoms with Gasteiger partial charge in [-0.15, -0.1) is 21.5 Å². The Morgan fingerprint density at radius 3 is 2.84 bits per heavy atom. The van der Waals surface area contributed by atoms with E-state index in [9.17, 15) is 4.79 Å². The number of aromatic nitrogens is 7. The van der Waals surface area contributed by atoms with Gasteiger partial charge in [0.15, 0.2) is 5.65 Å². The average molecular weight is 430 g/mol. The molecule has 0 aliphatic rings. The molecule has 1 unspecified atom stereocenters. The lowest BCUT2D eigenvalue weighted by molar-refractivity contribution is 0.104. The van der Waals surface area contributed by atoms with Crippen molar-refractivity contribution in [3.63, 3.8) is 0 Å². The molecule has 0 N–H and O–H groups in total. The topological polar surface area (TPSA) is 90.9 Å². The quantitative estimate of drug-likeness (QED) is 0.374. The van der Waals surface area contributed by atoms with Crippen LogP contribution in [0.4, 0.5) is 0 Å². The Hall–Kier alpha value is -3.72. The number of carbonyl (C=O) groups excluding carboxylic acids is 1. The van der Waals surface area contributed by atoms with Crippen LogP contribution in [0, 0.1) is 0 Å². The summed E-state index contributed by atoms with van der Waals surface area (Å²) in [7, 11) is 0. The Kier molecular flexibility index (Phi) is 4.87. The molecular formula is C22H19N7OS. The second-order valence-corrected chi connectivity index (χ2v) is 8.15. The van der Waals surface area contributed by atoms with Crippen LogP contribution in [0.2, 0.25) is 0 Å². The molecule has 4 heterocycles. The first-order valence-corrected chi connectivity index (χ1v) is 10.8. The highest BCUT2D eigenvalue weighted by atomic mass is 32.1. The maximum Gasteiger partial charge on any atom is 0.208 e. The van der Waals surface area contributed by atoms with Gasteiger partial charge in [-0.2, -0.15) is 9.90 Å². The molecule has 5 aromatic rings. The zero-order valence-electron chi connectivity index (χ0n) is 17.0. The van der Waals surface area contributed by atoms with E-state index >= 15 is 0 Å². The zero-order valence-corrected chi connectivity index (χ0v) is 17.8. The van der Waals surface area contributed by atoms with Crippen LogP contribution in [-0.2, 0) is 0 Å². The fourth-order valence-electron chi connectivity index (χ4n) is 3.32. The molecule has 0 radical (unpaired) electrons. The normalized spacial score (nSPS) is 12.3. The monoisotopic (exact) mass is 429 g/mol. The molecule has 0 spiro atoms. The van der Waals surface area contributed by atoms with Crippen molar-refractivity contribution in [1.29, 1.82) is 0 Å². The summed E-state index contributed by atoms with van der Waals surface area (Å²) in [6, 6.07) is 13.6. The second-order valence-electron chi connectivity index (χ2n) is 7.20. The van der Waals surface area contributed by atoms with Crippen LogP contribution in [0.25, 0.3) is 28.3 Å². The molecule has 1 atom stereocenters. The van der Waals surface area contributed by atoms with E-state index in [1.807, 2.05) is 47.8 Å². The maximum absolute atomic E-state index is 12.8. The van der Waals surface area contributed by atoms with Gasteiger partial charge in [-0.05, 0) is 42.1 Å². The Balaban J connectivity index is 1.55. The third-order valence-corrected chi connectivity index (χ3v) is 6.09. The van der Waals surface area contributed by atoms with Gasteiger partial charge in [0.05, 0.1) is 28.4 Å². The van der Waals surface area contributed by atoms with Crippen molar-refractivity contribution in [2.75, 3.05) is 0 Å². The third kappa shape index (κ3) is 3.42. The molecule has 31 heavy (non-hydrogen) atoms. The van der Waals surface area contributed by atoms with E-state index in [2.05, 4.69) is 39.3 Å². The predicted molar refractivity (Wildman–Crippen MR) is 118 cm³/mol. The number of ketones is 1. The first kappa shape index (κ1) is 19.3. The zero-order chi connectivity index (χ0) is 21.4. The Bertz CT molecular complexity index is 1370. The van der Waals surface area contributed by atoms with Gasteiger partial charge in [-0.3, -0.25) is 4.79 Å². The standard InChI is InChI=1S/C22H19N7OS/c1-3-14(2)29-26-21(25-27-29)16-7-4-6-15(12-16)18-9-10-23-22-17(13-24-28(18)22)20(30)19-8-5-11-31-19/h4-14H,3H2,1-2H3. The number of hydrogen-bond acceptors (Lipinski definition) is 7. The number of rotatable bonds is 6. The van der Waals surface area contributed by atoms with Crippen molar-refractivity contribution >= 4 is 22.8 Å². The largest absolute Gasteiger partial charge is 0.287 e. The predicted octanol–water partition coefficient (Wildman–Crippen LogP) is 4.31. The summed E-state index contributed by atoms with van der Waals surface area (Å²) in [5.74, 6) is 0.496. The van der Waals surface area contributed by atoms with E-state index in [0.717, 1.165) is 23.2 Å². The van der Waals surface area contributed by atoms with E-state index < -0.39 is 0 Å². The molecule has 0 aliphatic carbocycles. The Morgan fingerprint density at radius 2 is 2.03 bits per heavy atom. The molecule has 5 rings (SSSR count). The molecular weight excluding hydrogens is 410 g/mol. The van der Waals surface area contributed by atoms with Crippen molar-refractivity contribution < 1.29 is 4.79 Å². The summed E-state index contributed by atoms with van der Waals surface area (Å²) in [6.07, 6.45) is 4.20. The summed E-state index contributed by atoms with van der Waals surface area (Å²) in [5, 5.41) is 19.2. The van der Waals surface area contributed by atoms with Crippen LogP contribution < -0.4 is 0 Å². The Morgan fingerprint density at radius 1 is 1.16 bits per heavy atom. The molecule has 0 saturated carbocycles. The van der Waals surface area contributed by atoms with Gasteiger partial charge in [0.1, 0.15) is 0 Å². The fraction of sp³-hybridized carbons (Fsp3) is 0.182. The first-order valence-electron chi connectivity index (χ1n) is 9.97. The van der Waals surface area contributed by atoms with E-state index in [4.69, 9.17) is 0 Å². The number of tetrazole rings is 1. The smallest absolute Gasteiger partial charge is 0.208 e. The van der Waals surface area contributed by atoms with Crippen LogP contribution in [0.5, 0.6) is 0 Å². The minimum atomic E-state index is -0.0748. The number of fused-ring (bicyclic) bond motifs is 1. The number of benzene rings is 1. The van der Waals surface area contributed by atoms with E-state index in [0.29, 0.717) is 21.9 Å². The molecule has 8 nitrogen and oxygen atoms in total. The molecule has 0 amide bonds. The summed E-state index contributed by atoms with van der Waals surface area (Å²) in [6.45, 7) is 4.15. The lowest BCUT2D eigenvalue weighted by atomic mass is 10.1. The molecule has 0 saturated heterocycles. The second kappa shape index (κ2) is 7.84. The molecule has 4 aromatic heterocycles. The van der Waals surface area contributed by atoms with E-state index in [-0.39, 0.29) is 11.8 Å². The molecule has 9 heteroatoms. The average Bonchev–Trinajstić information content (AvgIpc) is 3.58. The van der Waals surface area contributed by atoms with Gasteiger partial charge < -0.3 is 0 Å². The van der Waals surface area contributed by atoms with Gasteiger partial charge >= 0.3 is 0 Å². The highest BCUT2D eigenvalue weighted by Gasteiger charge is 2.19. The lowest BCUT2D eigenvalue weighted by Gasteiger charge is -2.06. The number of carbonyl (C=O) groups is 1. The van der Waals surface area contributed by atoms with Gasteiger partial charge in [-0.1, -0.05) is 31.2 Å². The van der Waals surface area contributed by atoms with Crippen molar-refractivity contribution in [2.24, 2.45) is 0 Å². The fourth-order valence-corrected chi connectivity index (χ4v) is 4.00. The van der Waals surface area contributed by atoms with E-state index in [1.165, 1.54) is 11.3 Å². The van der Waals surface area contributed by atoms with Crippen LogP contribution in [0.3, 0.4) is 0 Å². The minimum Gasteiger partial charge on any atom is -0.287 e. The van der Waals surface area contributed by atoms with E-state index in [1.54, 1.807) is 21.7 Å². The minimum absolute atomic E-state index is 0.0748. The van der Waals surface area contributed by atoms with Crippen molar-refractivity contribution in [2.45, 2.75) is 26.3 Å². The SMILES string of the molecule is CCC(C)n1nnc(-c2cccc(-c3ccnc4c(C(=O)c5cccs5)cnn34)c2)n1. The molecule has 1 aromatic carbocycles. The highest BCUT2D eigenvalue weighted by molar-refractivity contribution is 7.12.